The van der Waals surface area contributed by atoms with Crippen LogP contribution in [0.3, 0.4) is 0 Å². The van der Waals surface area contributed by atoms with Crippen LogP contribution >= 0.6 is 15.9 Å². The van der Waals surface area contributed by atoms with Crippen LogP contribution in [0.5, 0.6) is 0 Å². The molecule has 2 aliphatic heterocycles. The summed E-state index contributed by atoms with van der Waals surface area (Å²) in [6.07, 6.45) is -4.60. The van der Waals surface area contributed by atoms with Crippen molar-refractivity contribution in [2.45, 2.75) is 86.6 Å². The SMILES string of the molecule is CC(C)c1ccc2cc(S(=O)(=O)N(OC(=O)C(F)(F)F)[C@H](C(=O)N3C4CCC3CC(N)C4)C(F)(F)c3ccc(Br)cc3)ccc2c1. The molecule has 3 atom stereocenters. The first-order valence-corrected chi connectivity index (χ1v) is 16.7. The van der Waals surface area contributed by atoms with Gasteiger partial charge in [-0.05, 0) is 76.7 Å². The fourth-order valence-electron chi connectivity index (χ4n) is 6.17. The first kappa shape index (κ1) is 34.2. The van der Waals surface area contributed by atoms with Gasteiger partial charge in [0.25, 0.3) is 15.9 Å². The smallest absolute Gasteiger partial charge is 0.344 e. The number of amides is 1. The van der Waals surface area contributed by atoms with Crippen LogP contribution in [-0.2, 0) is 30.4 Å². The second kappa shape index (κ2) is 12.5. The number of sulfonamides is 1. The van der Waals surface area contributed by atoms with E-state index in [0.29, 0.717) is 28.1 Å². The largest absolute Gasteiger partial charge is 0.492 e. The zero-order valence-electron chi connectivity index (χ0n) is 24.7. The van der Waals surface area contributed by atoms with Gasteiger partial charge in [0.2, 0.25) is 6.04 Å². The molecule has 8 nitrogen and oxygen atoms in total. The van der Waals surface area contributed by atoms with E-state index in [2.05, 4.69) is 20.8 Å². The number of halogens is 6. The van der Waals surface area contributed by atoms with Crippen molar-refractivity contribution < 1.29 is 44.8 Å². The van der Waals surface area contributed by atoms with Crippen LogP contribution in [-0.4, -0.2) is 60.0 Å². The Morgan fingerprint density at radius 3 is 2.07 bits per heavy atom. The van der Waals surface area contributed by atoms with Gasteiger partial charge in [0.15, 0.2) is 0 Å². The molecule has 2 unspecified atom stereocenters. The predicted octanol–water partition coefficient (Wildman–Crippen LogP) is 6.38. The number of hydrogen-bond acceptors (Lipinski definition) is 6. The maximum absolute atomic E-state index is 16.7. The van der Waals surface area contributed by atoms with Gasteiger partial charge >= 0.3 is 18.1 Å². The molecule has 0 saturated carbocycles. The molecule has 46 heavy (non-hydrogen) atoms. The Bertz CT molecular complexity index is 1740. The third-order valence-corrected chi connectivity index (χ3v) is 10.6. The van der Waals surface area contributed by atoms with Crippen molar-refractivity contribution in [1.82, 2.24) is 9.37 Å². The summed E-state index contributed by atoms with van der Waals surface area (Å²) in [5, 5.41) is 0.885. The van der Waals surface area contributed by atoms with Gasteiger partial charge in [0.1, 0.15) is 0 Å². The average Bonchev–Trinajstić information content (AvgIpc) is 3.26. The Morgan fingerprint density at radius 2 is 1.50 bits per heavy atom. The normalized spacial score (nSPS) is 21.2. The predicted molar refractivity (Wildman–Crippen MR) is 162 cm³/mol. The van der Waals surface area contributed by atoms with Gasteiger partial charge in [-0.1, -0.05) is 66.2 Å². The van der Waals surface area contributed by atoms with Crippen LogP contribution in [0, 0.1) is 0 Å². The molecule has 2 heterocycles. The van der Waals surface area contributed by atoms with Crippen molar-refractivity contribution in [3.05, 3.63) is 76.3 Å². The molecule has 248 valence electrons. The van der Waals surface area contributed by atoms with Crippen LogP contribution in [0.1, 0.15) is 56.6 Å². The molecular weight excluding hydrogens is 701 g/mol. The Kier molecular flexibility index (Phi) is 9.27. The van der Waals surface area contributed by atoms with Gasteiger partial charge in [-0.15, -0.1) is 0 Å². The topological polar surface area (TPSA) is 110 Å². The highest BCUT2D eigenvalue weighted by molar-refractivity contribution is 9.10. The highest BCUT2D eigenvalue weighted by atomic mass is 79.9. The molecule has 15 heteroatoms. The maximum atomic E-state index is 16.7. The molecule has 2 aliphatic rings. The summed E-state index contributed by atoms with van der Waals surface area (Å²) in [4.78, 5) is 31.1. The molecule has 1 amide bonds. The lowest BCUT2D eigenvalue weighted by Crippen LogP contribution is -2.62. The molecule has 3 aromatic rings. The van der Waals surface area contributed by atoms with Crippen LogP contribution in [0.4, 0.5) is 22.0 Å². The number of carbonyl (C=O) groups is 2. The number of nitrogens with two attached hydrogens (primary N) is 1. The maximum Gasteiger partial charge on any atom is 0.492 e. The number of hydrogen-bond donors (Lipinski definition) is 1. The van der Waals surface area contributed by atoms with Crippen molar-refractivity contribution >= 4 is 48.6 Å². The molecule has 2 bridgehead atoms. The highest BCUT2D eigenvalue weighted by Gasteiger charge is 2.60. The Morgan fingerprint density at radius 1 is 0.935 bits per heavy atom. The van der Waals surface area contributed by atoms with Gasteiger partial charge in [0.05, 0.1) is 4.90 Å². The van der Waals surface area contributed by atoms with E-state index in [-0.39, 0.29) is 24.8 Å². The molecule has 0 aliphatic carbocycles. The number of piperidine rings is 1. The molecule has 0 aromatic heterocycles. The zero-order chi connectivity index (χ0) is 33.8. The third-order valence-electron chi connectivity index (χ3n) is 8.48. The average molecular weight is 733 g/mol. The van der Waals surface area contributed by atoms with Crippen LogP contribution in [0.2, 0.25) is 0 Å². The number of nitrogens with zero attached hydrogens (tertiary/aromatic N) is 2. The molecule has 0 radical (unpaired) electrons. The highest BCUT2D eigenvalue weighted by Crippen LogP contribution is 2.43. The summed E-state index contributed by atoms with van der Waals surface area (Å²) in [7, 11) is -5.55. The number of rotatable bonds is 8. The van der Waals surface area contributed by atoms with E-state index >= 15 is 8.78 Å². The third kappa shape index (κ3) is 6.51. The summed E-state index contributed by atoms with van der Waals surface area (Å²) in [5.74, 6) is -8.96. The van der Waals surface area contributed by atoms with E-state index in [4.69, 9.17) is 5.73 Å². The molecule has 2 N–H and O–H groups in total. The molecule has 3 aromatic carbocycles. The summed E-state index contributed by atoms with van der Waals surface area (Å²) < 4.78 is 102. The number of alkyl halides is 5. The summed E-state index contributed by atoms with van der Waals surface area (Å²) in [6.45, 7) is 3.88. The quantitative estimate of drug-likeness (QED) is 0.213. The summed E-state index contributed by atoms with van der Waals surface area (Å²) >= 11 is 3.12. The zero-order valence-corrected chi connectivity index (χ0v) is 27.1. The second-order valence-electron chi connectivity index (χ2n) is 12.0. The Balaban J connectivity index is 1.69. The van der Waals surface area contributed by atoms with E-state index in [1.807, 2.05) is 13.8 Å². The monoisotopic (exact) mass is 731 g/mol. The molecule has 0 spiro atoms. The minimum atomic E-state index is -5.79. The fourth-order valence-corrected chi connectivity index (χ4v) is 7.82. The molecule has 2 saturated heterocycles. The lowest BCUT2D eigenvalue weighted by atomic mass is 9.94. The summed E-state index contributed by atoms with van der Waals surface area (Å²) in [6, 6.07) is 7.75. The van der Waals surface area contributed by atoms with Crippen LogP contribution in [0.25, 0.3) is 10.8 Å². The number of carbonyl (C=O) groups excluding carboxylic acids is 2. The van der Waals surface area contributed by atoms with E-state index in [1.54, 1.807) is 18.2 Å². The molecule has 5 rings (SSSR count). The molecular formula is C31H31BrF5N3O5S. The van der Waals surface area contributed by atoms with Crippen LogP contribution in [0.15, 0.2) is 70.0 Å². The van der Waals surface area contributed by atoms with Crippen LogP contribution < -0.4 is 5.73 Å². The van der Waals surface area contributed by atoms with E-state index < -0.39 is 67.1 Å². The second-order valence-corrected chi connectivity index (χ2v) is 14.7. The van der Waals surface area contributed by atoms with Gasteiger partial charge in [-0.3, -0.25) is 4.79 Å². The fraction of sp³-hybridized carbons (Fsp3) is 0.419. The minimum absolute atomic E-state index is 0.123. The standard InChI is InChI=1S/C31H31BrF5N3O5S/c1-17(2)18-3-4-20-14-26(12-5-19(20)13-18)46(43,44)40(45-29(42)31(35,36)37)27(30(33,34)21-6-8-22(32)9-7-21)28(41)39-24-10-11-25(39)16-23(38)15-24/h3-9,12-14,17,23-25,27H,10-11,15-16,38H2,1-2H3/t23?,24?,25?,27-/m1/s1. The van der Waals surface area contributed by atoms with Crippen molar-refractivity contribution in [2.75, 3.05) is 0 Å². The van der Waals surface area contributed by atoms with Crippen molar-refractivity contribution in [3.63, 3.8) is 0 Å². The lowest BCUT2D eigenvalue weighted by Gasteiger charge is -2.42. The van der Waals surface area contributed by atoms with Gasteiger partial charge in [0, 0.05) is 28.2 Å². The van der Waals surface area contributed by atoms with Gasteiger partial charge in [-0.25, -0.2) is 13.2 Å². The summed E-state index contributed by atoms with van der Waals surface area (Å²) in [5.41, 5.74) is 6.11. The molecule has 2 fully saturated rings. The van der Waals surface area contributed by atoms with Gasteiger partial charge < -0.3 is 15.5 Å². The van der Waals surface area contributed by atoms with Crippen molar-refractivity contribution in [2.24, 2.45) is 5.73 Å². The van der Waals surface area contributed by atoms with Crippen molar-refractivity contribution in [3.8, 4) is 0 Å². The van der Waals surface area contributed by atoms with E-state index in [0.717, 1.165) is 34.7 Å². The Hall–Kier alpha value is -3.14. The van der Waals surface area contributed by atoms with Crippen molar-refractivity contribution in [1.29, 1.82) is 0 Å². The first-order valence-electron chi connectivity index (χ1n) is 14.5. The number of fused-ring (bicyclic) bond motifs is 3. The minimum Gasteiger partial charge on any atom is -0.344 e. The lowest BCUT2D eigenvalue weighted by molar-refractivity contribution is -0.240. The number of hydroxylamine groups is 1. The van der Waals surface area contributed by atoms with E-state index in [1.165, 1.54) is 18.2 Å². The van der Waals surface area contributed by atoms with E-state index in [9.17, 15) is 31.2 Å². The first-order chi connectivity index (χ1) is 21.4. The van der Waals surface area contributed by atoms with Gasteiger partial charge in [-0.2, -0.15) is 22.0 Å². The Labute approximate surface area is 270 Å². The number of benzene rings is 3.